The number of aliphatic hydroxyl groups is 1. The van der Waals surface area contributed by atoms with E-state index in [1.54, 1.807) is 35.9 Å². The summed E-state index contributed by atoms with van der Waals surface area (Å²) >= 11 is 5.93. The Morgan fingerprint density at radius 2 is 1.82 bits per heavy atom. The Balaban J connectivity index is 1.98. The van der Waals surface area contributed by atoms with Crippen molar-refractivity contribution in [1.29, 1.82) is 0 Å². The van der Waals surface area contributed by atoms with E-state index in [-0.39, 0.29) is 59.5 Å². The molecule has 1 aliphatic heterocycles. The molecule has 0 aromatic heterocycles. The lowest BCUT2D eigenvalue weighted by Crippen LogP contribution is -2.49. The van der Waals surface area contributed by atoms with Crippen molar-refractivity contribution in [2.45, 2.75) is 83.1 Å². The molecule has 0 unspecified atom stereocenters. The minimum absolute atomic E-state index is 0.0191. The van der Waals surface area contributed by atoms with E-state index in [1.165, 1.54) is 30.3 Å². The standard InChI is InChI=1S/C32H47ClN4O7S/c1-21(2)34-32(40)36(6)19-30-22(3)18-37(23(4)20-38)31(39)28-17-26(35-45(41,42)27-13-10-25(33)11-14-27)12-15-29(28)44-24(5)9-7-8-16-43-30/h10-15,17,21-24,30,35,38H,7-9,16,18-20H2,1-6H3,(H,34,40)/t22-,23+,24+,30-/m1/s1. The maximum Gasteiger partial charge on any atom is 0.317 e. The first-order valence-electron chi connectivity index (χ1n) is 15.4. The number of carbonyl (C=O) groups excluding carboxylic acids is 2. The summed E-state index contributed by atoms with van der Waals surface area (Å²) in [4.78, 5) is 30.1. The first-order chi connectivity index (χ1) is 21.2. The van der Waals surface area contributed by atoms with Gasteiger partial charge in [0, 0.05) is 49.4 Å². The third kappa shape index (κ3) is 10.5. The van der Waals surface area contributed by atoms with Crippen molar-refractivity contribution < 1.29 is 32.6 Å². The number of halogens is 1. The normalized spacial score (nSPS) is 20.9. The second-order valence-corrected chi connectivity index (χ2v) is 14.2. The molecule has 2 aromatic carbocycles. The van der Waals surface area contributed by atoms with E-state index in [1.807, 2.05) is 27.7 Å². The Hall–Kier alpha value is -3.06. The molecule has 0 saturated heterocycles. The number of likely N-dealkylation sites (N-methyl/N-ethyl adjacent to an activating group) is 1. The quantitative estimate of drug-likeness (QED) is 0.361. The fourth-order valence-electron chi connectivity index (χ4n) is 4.99. The van der Waals surface area contributed by atoms with E-state index in [4.69, 9.17) is 21.1 Å². The van der Waals surface area contributed by atoms with Crippen LogP contribution in [0.5, 0.6) is 5.75 Å². The molecule has 0 fully saturated rings. The highest BCUT2D eigenvalue weighted by Crippen LogP contribution is 2.29. The number of anilines is 1. The van der Waals surface area contributed by atoms with Gasteiger partial charge in [-0.05, 0) is 89.4 Å². The number of amides is 3. The van der Waals surface area contributed by atoms with E-state index >= 15 is 0 Å². The molecule has 0 saturated carbocycles. The molecular formula is C32H47ClN4O7S. The summed E-state index contributed by atoms with van der Waals surface area (Å²) < 4.78 is 41.3. The SMILES string of the molecule is CC(C)NC(=O)N(C)C[C@H]1OCCCC[C@H](C)Oc2ccc(NS(=O)(=O)c3ccc(Cl)cc3)cc2C(=O)N([C@@H](C)CO)C[C@H]1C. The van der Waals surface area contributed by atoms with E-state index in [9.17, 15) is 23.1 Å². The van der Waals surface area contributed by atoms with Crippen molar-refractivity contribution in [2.75, 3.05) is 38.1 Å². The number of nitrogens with zero attached hydrogens (tertiary/aromatic N) is 2. The van der Waals surface area contributed by atoms with Gasteiger partial charge in [-0.2, -0.15) is 0 Å². The minimum atomic E-state index is -3.98. The van der Waals surface area contributed by atoms with Gasteiger partial charge in [0.15, 0.2) is 0 Å². The Bertz CT molecular complexity index is 1390. The van der Waals surface area contributed by atoms with Crippen LogP contribution in [0.4, 0.5) is 10.5 Å². The highest BCUT2D eigenvalue weighted by molar-refractivity contribution is 7.92. The lowest BCUT2D eigenvalue weighted by Gasteiger charge is -2.36. The number of ether oxygens (including phenoxy) is 2. The number of carbonyl (C=O) groups is 2. The largest absolute Gasteiger partial charge is 0.490 e. The maximum absolute atomic E-state index is 14.3. The molecule has 3 rings (SSSR count). The van der Waals surface area contributed by atoms with E-state index in [2.05, 4.69) is 10.0 Å². The van der Waals surface area contributed by atoms with Crippen molar-refractivity contribution in [1.82, 2.24) is 15.1 Å². The summed E-state index contributed by atoms with van der Waals surface area (Å²) in [6.45, 7) is 10.1. The number of sulfonamides is 1. The predicted molar refractivity (Wildman–Crippen MR) is 175 cm³/mol. The van der Waals surface area contributed by atoms with Crippen LogP contribution in [0, 0.1) is 5.92 Å². The summed E-state index contributed by atoms with van der Waals surface area (Å²) in [7, 11) is -2.27. The Morgan fingerprint density at radius 1 is 1.13 bits per heavy atom. The van der Waals surface area contributed by atoms with Crippen molar-refractivity contribution in [3.05, 3.63) is 53.1 Å². The van der Waals surface area contributed by atoms with Crippen molar-refractivity contribution in [3.63, 3.8) is 0 Å². The molecular weight excluding hydrogens is 620 g/mol. The number of hydrogen-bond acceptors (Lipinski definition) is 7. The zero-order valence-electron chi connectivity index (χ0n) is 27.0. The Morgan fingerprint density at radius 3 is 2.47 bits per heavy atom. The van der Waals surface area contributed by atoms with Crippen LogP contribution in [-0.4, -0.2) is 92.9 Å². The maximum atomic E-state index is 14.3. The number of aliphatic hydroxyl groups excluding tert-OH is 1. The molecule has 11 nitrogen and oxygen atoms in total. The van der Waals surface area contributed by atoms with E-state index in [0.29, 0.717) is 30.3 Å². The van der Waals surface area contributed by atoms with Gasteiger partial charge in [0.2, 0.25) is 0 Å². The van der Waals surface area contributed by atoms with Crippen LogP contribution < -0.4 is 14.8 Å². The first kappa shape index (κ1) is 36.4. The molecule has 2 aromatic rings. The second kappa shape index (κ2) is 16.5. The van der Waals surface area contributed by atoms with Gasteiger partial charge in [0.1, 0.15) is 5.75 Å². The topological polar surface area (TPSA) is 138 Å². The fourth-order valence-corrected chi connectivity index (χ4v) is 6.16. The molecule has 0 bridgehead atoms. The van der Waals surface area contributed by atoms with Crippen LogP contribution in [0.1, 0.15) is 64.2 Å². The van der Waals surface area contributed by atoms with Gasteiger partial charge < -0.3 is 29.7 Å². The van der Waals surface area contributed by atoms with Gasteiger partial charge in [0.25, 0.3) is 15.9 Å². The summed E-state index contributed by atoms with van der Waals surface area (Å²) in [6, 6.07) is 9.56. The lowest BCUT2D eigenvalue weighted by atomic mass is 10.0. The van der Waals surface area contributed by atoms with Crippen molar-refractivity contribution in [2.24, 2.45) is 5.92 Å². The van der Waals surface area contributed by atoms with Gasteiger partial charge >= 0.3 is 6.03 Å². The zero-order valence-corrected chi connectivity index (χ0v) is 28.5. The number of nitrogens with one attached hydrogen (secondary N) is 2. The minimum Gasteiger partial charge on any atom is -0.490 e. The average Bonchev–Trinajstić information content (AvgIpc) is 2.98. The molecule has 1 heterocycles. The second-order valence-electron chi connectivity index (χ2n) is 12.1. The molecule has 250 valence electrons. The fraction of sp³-hybridized carbons (Fsp3) is 0.562. The van der Waals surface area contributed by atoms with Crippen LogP contribution in [0.2, 0.25) is 5.02 Å². The number of fused-ring (bicyclic) bond motifs is 1. The molecule has 0 spiro atoms. The highest BCUT2D eigenvalue weighted by Gasteiger charge is 2.31. The molecule has 1 aliphatic rings. The zero-order chi connectivity index (χ0) is 33.3. The third-order valence-corrected chi connectivity index (χ3v) is 9.29. The van der Waals surface area contributed by atoms with Crippen LogP contribution >= 0.6 is 11.6 Å². The smallest absolute Gasteiger partial charge is 0.317 e. The van der Waals surface area contributed by atoms with E-state index in [0.717, 1.165) is 12.8 Å². The first-order valence-corrected chi connectivity index (χ1v) is 17.2. The number of urea groups is 1. The van der Waals surface area contributed by atoms with Gasteiger partial charge in [-0.25, -0.2) is 13.2 Å². The molecule has 4 atom stereocenters. The lowest BCUT2D eigenvalue weighted by molar-refractivity contribution is -0.0122. The number of benzene rings is 2. The Labute approximate surface area is 272 Å². The van der Waals surface area contributed by atoms with Gasteiger partial charge in [-0.3, -0.25) is 9.52 Å². The summed E-state index contributed by atoms with van der Waals surface area (Å²) in [6.07, 6.45) is 1.69. The predicted octanol–water partition coefficient (Wildman–Crippen LogP) is 4.99. The monoisotopic (exact) mass is 666 g/mol. The average molecular weight is 667 g/mol. The van der Waals surface area contributed by atoms with Crippen LogP contribution in [-0.2, 0) is 14.8 Å². The molecule has 3 amide bonds. The molecule has 45 heavy (non-hydrogen) atoms. The summed E-state index contributed by atoms with van der Waals surface area (Å²) in [5, 5.41) is 13.4. The van der Waals surface area contributed by atoms with Gasteiger partial charge in [-0.1, -0.05) is 18.5 Å². The Kier molecular flexibility index (Phi) is 13.3. The van der Waals surface area contributed by atoms with Crippen molar-refractivity contribution >= 4 is 39.2 Å². The van der Waals surface area contributed by atoms with Gasteiger partial charge in [-0.15, -0.1) is 0 Å². The van der Waals surface area contributed by atoms with Gasteiger partial charge in [0.05, 0.1) is 35.3 Å². The third-order valence-electron chi connectivity index (χ3n) is 7.64. The molecule has 0 aliphatic carbocycles. The van der Waals surface area contributed by atoms with Crippen LogP contribution in [0.15, 0.2) is 47.4 Å². The van der Waals surface area contributed by atoms with E-state index < -0.39 is 22.0 Å². The number of hydrogen-bond donors (Lipinski definition) is 3. The number of rotatable bonds is 8. The highest BCUT2D eigenvalue weighted by atomic mass is 35.5. The summed E-state index contributed by atoms with van der Waals surface area (Å²) in [5.41, 5.74) is 0.340. The van der Waals surface area contributed by atoms with Crippen molar-refractivity contribution in [3.8, 4) is 5.75 Å². The summed E-state index contributed by atoms with van der Waals surface area (Å²) in [5.74, 6) is -0.338. The molecule has 13 heteroatoms. The van der Waals surface area contributed by atoms with Crippen LogP contribution in [0.3, 0.4) is 0 Å². The molecule has 3 N–H and O–H groups in total. The van der Waals surface area contributed by atoms with Crippen LogP contribution in [0.25, 0.3) is 0 Å². The molecule has 0 radical (unpaired) electrons.